The van der Waals surface area contributed by atoms with Gasteiger partial charge in [-0.25, -0.2) is 0 Å². The molecule has 0 aliphatic heterocycles. The lowest BCUT2D eigenvalue weighted by Crippen LogP contribution is -2.34. The Morgan fingerprint density at radius 3 is 2.62 bits per heavy atom. The Kier molecular flexibility index (Phi) is 5.16. The molecule has 0 bridgehead atoms. The zero-order valence-corrected chi connectivity index (χ0v) is 11.1. The number of para-hydroxylation sites is 1. The number of benzene rings is 1. The Morgan fingerprint density at radius 2 is 2.00 bits per heavy atom. The zero-order chi connectivity index (χ0) is 12.0. The van der Waals surface area contributed by atoms with Gasteiger partial charge in [-0.15, -0.1) is 0 Å². The first-order valence-electron chi connectivity index (χ1n) is 5.54. The highest BCUT2D eigenvalue weighted by Crippen LogP contribution is 2.17. The van der Waals surface area contributed by atoms with Crippen LogP contribution in [0.25, 0.3) is 0 Å². The predicted molar refractivity (Wildman–Crippen MR) is 72.3 cm³/mol. The topological polar surface area (TPSA) is 35.2 Å². The van der Waals surface area contributed by atoms with Gasteiger partial charge in [-0.2, -0.15) is 11.8 Å². The molecule has 1 aromatic carbocycles. The van der Waals surface area contributed by atoms with Gasteiger partial charge in [-0.05, 0) is 32.4 Å². The Hall–Kier alpha value is -0.670. The van der Waals surface area contributed by atoms with E-state index in [1.165, 1.54) is 5.56 Å². The average Bonchev–Trinajstić information content (AvgIpc) is 2.18. The van der Waals surface area contributed by atoms with Crippen LogP contribution in [0.15, 0.2) is 24.3 Å². The normalized spacial score (nSPS) is 11.5. The summed E-state index contributed by atoms with van der Waals surface area (Å²) in [5.41, 5.74) is 6.99. The van der Waals surface area contributed by atoms with E-state index in [0.29, 0.717) is 0 Å². The van der Waals surface area contributed by atoms with Crippen LogP contribution in [0.1, 0.15) is 19.4 Å². The van der Waals surface area contributed by atoms with Crippen molar-refractivity contribution >= 4 is 11.8 Å². The molecule has 0 aliphatic rings. The average molecular weight is 239 g/mol. The maximum atomic E-state index is 5.89. The van der Waals surface area contributed by atoms with E-state index in [1.54, 1.807) is 0 Å². The van der Waals surface area contributed by atoms with Crippen molar-refractivity contribution in [1.82, 2.24) is 0 Å². The van der Waals surface area contributed by atoms with Crippen LogP contribution >= 0.6 is 11.8 Å². The van der Waals surface area contributed by atoms with Crippen molar-refractivity contribution in [1.29, 1.82) is 0 Å². The van der Waals surface area contributed by atoms with Crippen LogP contribution in [0.5, 0.6) is 5.75 Å². The standard InChI is InChI=1S/C13H21NOS/c1-11-6-4-5-7-12(11)15-8-9-16-10-13(2,3)14/h4-7H,8-10,14H2,1-3H3. The van der Waals surface area contributed by atoms with Gasteiger partial charge in [0.15, 0.2) is 0 Å². The minimum atomic E-state index is -0.0900. The van der Waals surface area contributed by atoms with Crippen LogP contribution in [0.3, 0.4) is 0 Å². The highest BCUT2D eigenvalue weighted by molar-refractivity contribution is 7.99. The summed E-state index contributed by atoms with van der Waals surface area (Å²) in [7, 11) is 0. The first-order chi connectivity index (χ1) is 7.49. The Morgan fingerprint density at radius 1 is 1.31 bits per heavy atom. The molecule has 0 fully saturated rings. The lowest BCUT2D eigenvalue weighted by Gasteiger charge is -2.17. The summed E-state index contributed by atoms with van der Waals surface area (Å²) in [5, 5.41) is 0. The minimum Gasteiger partial charge on any atom is -0.492 e. The third-order valence-corrected chi connectivity index (χ3v) is 3.46. The van der Waals surface area contributed by atoms with Crippen LogP contribution in [-0.2, 0) is 0 Å². The van der Waals surface area contributed by atoms with E-state index < -0.39 is 0 Å². The highest BCUT2D eigenvalue weighted by Gasteiger charge is 2.09. The lowest BCUT2D eigenvalue weighted by atomic mass is 10.1. The molecule has 0 radical (unpaired) electrons. The predicted octanol–water partition coefficient (Wildman–Crippen LogP) is 2.84. The van der Waals surface area contributed by atoms with E-state index in [4.69, 9.17) is 10.5 Å². The van der Waals surface area contributed by atoms with Crippen molar-refractivity contribution < 1.29 is 4.74 Å². The fourth-order valence-corrected chi connectivity index (χ4v) is 2.14. The molecule has 0 unspecified atom stereocenters. The number of aryl methyl sites for hydroxylation is 1. The molecule has 3 heteroatoms. The number of rotatable bonds is 6. The van der Waals surface area contributed by atoms with E-state index >= 15 is 0 Å². The maximum Gasteiger partial charge on any atom is 0.122 e. The van der Waals surface area contributed by atoms with Crippen molar-refractivity contribution in [3.8, 4) is 5.75 Å². The van der Waals surface area contributed by atoms with Gasteiger partial charge >= 0.3 is 0 Å². The quantitative estimate of drug-likeness (QED) is 0.775. The summed E-state index contributed by atoms with van der Waals surface area (Å²) in [6.45, 7) is 6.89. The molecule has 0 heterocycles. The maximum absolute atomic E-state index is 5.89. The Bertz CT molecular complexity index is 320. The molecule has 2 N–H and O–H groups in total. The first-order valence-corrected chi connectivity index (χ1v) is 6.69. The molecule has 90 valence electrons. The van der Waals surface area contributed by atoms with Gasteiger partial charge in [0.1, 0.15) is 5.75 Å². The smallest absolute Gasteiger partial charge is 0.122 e. The van der Waals surface area contributed by atoms with Crippen molar-refractivity contribution in [3.05, 3.63) is 29.8 Å². The third-order valence-electron chi connectivity index (χ3n) is 2.05. The fourth-order valence-electron chi connectivity index (χ4n) is 1.26. The summed E-state index contributed by atoms with van der Waals surface area (Å²) >= 11 is 1.84. The number of hydrogen-bond donors (Lipinski definition) is 1. The minimum absolute atomic E-state index is 0.0900. The van der Waals surface area contributed by atoms with Gasteiger partial charge in [0.05, 0.1) is 6.61 Å². The molecule has 0 saturated carbocycles. The summed E-state index contributed by atoms with van der Waals surface area (Å²) < 4.78 is 5.69. The monoisotopic (exact) mass is 239 g/mol. The molecule has 16 heavy (non-hydrogen) atoms. The van der Waals surface area contributed by atoms with Crippen molar-refractivity contribution in [2.45, 2.75) is 26.3 Å². The summed E-state index contributed by atoms with van der Waals surface area (Å²) in [5.74, 6) is 2.93. The second-order valence-corrected chi connectivity index (χ2v) is 5.76. The number of nitrogens with two attached hydrogens (primary N) is 1. The van der Waals surface area contributed by atoms with Gasteiger partial charge in [-0.3, -0.25) is 0 Å². The van der Waals surface area contributed by atoms with E-state index in [0.717, 1.165) is 23.9 Å². The Labute approximate surface area is 103 Å². The number of hydrogen-bond acceptors (Lipinski definition) is 3. The molecule has 2 nitrogen and oxygen atoms in total. The second kappa shape index (κ2) is 6.16. The van der Waals surface area contributed by atoms with Crippen LogP contribution < -0.4 is 10.5 Å². The van der Waals surface area contributed by atoms with Gasteiger partial charge in [0, 0.05) is 17.0 Å². The zero-order valence-electron chi connectivity index (χ0n) is 10.3. The second-order valence-electron chi connectivity index (χ2n) is 4.66. The van der Waals surface area contributed by atoms with E-state index in [2.05, 4.69) is 13.0 Å². The third kappa shape index (κ3) is 5.42. The Balaban J connectivity index is 2.19. The van der Waals surface area contributed by atoms with Crippen molar-refractivity contribution in [2.75, 3.05) is 18.1 Å². The van der Waals surface area contributed by atoms with Crippen molar-refractivity contribution in [2.24, 2.45) is 5.73 Å². The molecule has 0 atom stereocenters. The van der Waals surface area contributed by atoms with Gasteiger partial charge < -0.3 is 10.5 Å². The van der Waals surface area contributed by atoms with Crippen LogP contribution in [-0.4, -0.2) is 23.7 Å². The van der Waals surface area contributed by atoms with E-state index in [-0.39, 0.29) is 5.54 Å². The van der Waals surface area contributed by atoms with Gasteiger partial charge in [0.2, 0.25) is 0 Å². The van der Waals surface area contributed by atoms with Gasteiger partial charge in [0.25, 0.3) is 0 Å². The lowest BCUT2D eigenvalue weighted by molar-refractivity contribution is 0.341. The van der Waals surface area contributed by atoms with E-state index in [1.807, 2.05) is 43.8 Å². The fraction of sp³-hybridized carbons (Fsp3) is 0.538. The summed E-state index contributed by atoms with van der Waals surface area (Å²) in [6, 6.07) is 8.09. The SMILES string of the molecule is Cc1ccccc1OCCSCC(C)(C)N. The molecule has 1 rings (SSSR count). The van der Waals surface area contributed by atoms with Gasteiger partial charge in [-0.1, -0.05) is 18.2 Å². The molecule has 0 aliphatic carbocycles. The molecule has 0 spiro atoms. The molecule has 0 saturated heterocycles. The molecule has 1 aromatic rings. The molecular weight excluding hydrogens is 218 g/mol. The largest absolute Gasteiger partial charge is 0.492 e. The number of ether oxygens (including phenoxy) is 1. The number of thioether (sulfide) groups is 1. The van der Waals surface area contributed by atoms with Crippen LogP contribution in [0, 0.1) is 6.92 Å². The molecule has 0 amide bonds. The highest BCUT2D eigenvalue weighted by atomic mass is 32.2. The van der Waals surface area contributed by atoms with Crippen LogP contribution in [0.4, 0.5) is 0 Å². The summed E-state index contributed by atoms with van der Waals surface area (Å²) in [4.78, 5) is 0. The van der Waals surface area contributed by atoms with Crippen molar-refractivity contribution in [3.63, 3.8) is 0 Å². The van der Waals surface area contributed by atoms with Crippen LogP contribution in [0.2, 0.25) is 0 Å². The molecule has 0 aromatic heterocycles. The first kappa shape index (κ1) is 13.4. The molecular formula is C13H21NOS. The summed E-state index contributed by atoms with van der Waals surface area (Å²) in [6.07, 6.45) is 0. The van der Waals surface area contributed by atoms with E-state index in [9.17, 15) is 0 Å².